The van der Waals surface area contributed by atoms with Gasteiger partial charge in [-0.05, 0) is 24.3 Å². The first kappa shape index (κ1) is 18.0. The molecular formula is C15H12ClN3O6. The zero-order valence-corrected chi connectivity index (χ0v) is 13.5. The molecule has 0 aliphatic heterocycles. The number of hydrogen-bond acceptors (Lipinski definition) is 7. The molecule has 0 aromatic heterocycles. The molecule has 0 aliphatic carbocycles. The second kappa shape index (κ2) is 7.49. The number of benzene rings is 2. The molecule has 2 aromatic carbocycles. The number of hydrogen-bond donors (Lipinski definition) is 3. The topological polar surface area (TPSA) is 134 Å². The van der Waals surface area contributed by atoms with E-state index in [0.717, 1.165) is 6.07 Å². The van der Waals surface area contributed by atoms with E-state index in [-0.39, 0.29) is 16.3 Å². The molecule has 10 heteroatoms. The zero-order chi connectivity index (χ0) is 18.6. The Hall–Kier alpha value is -3.33. The number of nitro groups is 1. The van der Waals surface area contributed by atoms with Crippen LogP contribution in [0.1, 0.15) is 15.9 Å². The first-order valence-corrected chi connectivity index (χ1v) is 7.08. The normalized spacial score (nSPS) is 10.6. The quantitative estimate of drug-likeness (QED) is 0.406. The van der Waals surface area contributed by atoms with Gasteiger partial charge in [0.25, 0.3) is 0 Å². The number of nitro benzene ring substituents is 1. The van der Waals surface area contributed by atoms with Gasteiger partial charge in [0.2, 0.25) is 5.75 Å². The van der Waals surface area contributed by atoms with Crippen LogP contribution in [0, 0.1) is 10.1 Å². The highest BCUT2D eigenvalue weighted by Crippen LogP contribution is 2.36. The smallest absolute Gasteiger partial charge is 0.337 e. The van der Waals surface area contributed by atoms with Crippen molar-refractivity contribution in [1.82, 2.24) is 0 Å². The lowest BCUT2D eigenvalue weighted by atomic mass is 10.2. The van der Waals surface area contributed by atoms with E-state index in [4.69, 9.17) is 21.4 Å². The summed E-state index contributed by atoms with van der Waals surface area (Å²) >= 11 is 5.77. The van der Waals surface area contributed by atoms with Crippen molar-refractivity contribution in [3.05, 3.63) is 56.6 Å². The van der Waals surface area contributed by atoms with Crippen LogP contribution in [0.25, 0.3) is 0 Å². The van der Waals surface area contributed by atoms with Crippen LogP contribution in [0.5, 0.6) is 11.5 Å². The number of hydrazone groups is 1. The van der Waals surface area contributed by atoms with E-state index in [1.54, 1.807) is 0 Å². The third kappa shape index (κ3) is 4.15. The number of nitrogens with zero attached hydrogens (tertiary/aromatic N) is 2. The van der Waals surface area contributed by atoms with Gasteiger partial charge in [-0.1, -0.05) is 11.6 Å². The number of carboxylic acid groups (broad SMARTS) is 1. The molecule has 0 aliphatic rings. The Balaban J connectivity index is 2.25. The standard InChI is InChI=1S/C15H12ClN3O6/c1-25-13-5-8(4-12(14(13)20)19(23)24)7-17-18-9-2-3-11(16)10(6-9)15(21)22/h2-7,18,20H,1H3,(H,21,22)/b17-7+. The number of rotatable bonds is 6. The first-order valence-electron chi connectivity index (χ1n) is 6.70. The van der Waals surface area contributed by atoms with Crippen LogP contribution in [0.4, 0.5) is 11.4 Å². The molecule has 25 heavy (non-hydrogen) atoms. The van der Waals surface area contributed by atoms with E-state index in [2.05, 4.69) is 10.5 Å². The minimum atomic E-state index is -1.18. The molecule has 0 unspecified atom stereocenters. The lowest BCUT2D eigenvalue weighted by molar-refractivity contribution is -0.386. The van der Waals surface area contributed by atoms with Gasteiger partial charge < -0.3 is 14.9 Å². The van der Waals surface area contributed by atoms with Gasteiger partial charge in [-0.3, -0.25) is 15.5 Å². The van der Waals surface area contributed by atoms with Crippen LogP contribution in [0.15, 0.2) is 35.4 Å². The predicted molar refractivity (Wildman–Crippen MR) is 90.9 cm³/mol. The highest BCUT2D eigenvalue weighted by molar-refractivity contribution is 6.33. The monoisotopic (exact) mass is 365 g/mol. The third-order valence-corrected chi connectivity index (χ3v) is 3.43. The fraction of sp³-hybridized carbons (Fsp3) is 0.0667. The van der Waals surface area contributed by atoms with Gasteiger partial charge in [-0.15, -0.1) is 0 Å². The molecular weight excluding hydrogens is 354 g/mol. The average molecular weight is 366 g/mol. The number of ether oxygens (including phenoxy) is 1. The molecule has 130 valence electrons. The van der Waals surface area contributed by atoms with Crippen LogP contribution in [0.2, 0.25) is 5.02 Å². The summed E-state index contributed by atoms with van der Waals surface area (Å²) in [7, 11) is 1.26. The Morgan fingerprint density at radius 2 is 2.12 bits per heavy atom. The summed E-state index contributed by atoms with van der Waals surface area (Å²) in [4.78, 5) is 21.2. The van der Waals surface area contributed by atoms with Gasteiger partial charge in [0, 0.05) is 11.6 Å². The van der Waals surface area contributed by atoms with Crippen molar-refractivity contribution in [2.45, 2.75) is 0 Å². The van der Waals surface area contributed by atoms with E-state index < -0.39 is 22.3 Å². The molecule has 0 bridgehead atoms. The third-order valence-electron chi connectivity index (χ3n) is 3.10. The zero-order valence-electron chi connectivity index (χ0n) is 12.8. The molecule has 0 atom stereocenters. The number of anilines is 1. The molecule has 3 N–H and O–H groups in total. The van der Waals surface area contributed by atoms with Crippen molar-refractivity contribution >= 4 is 35.2 Å². The highest BCUT2D eigenvalue weighted by atomic mass is 35.5. The van der Waals surface area contributed by atoms with Crippen LogP contribution in [-0.4, -0.2) is 34.4 Å². The van der Waals surface area contributed by atoms with Crippen molar-refractivity contribution in [3.8, 4) is 11.5 Å². The molecule has 2 rings (SSSR count). The minimum absolute atomic E-state index is 0.0738. The fourth-order valence-corrected chi connectivity index (χ4v) is 2.12. The summed E-state index contributed by atoms with van der Waals surface area (Å²) in [6, 6.07) is 6.69. The molecule has 0 fully saturated rings. The Morgan fingerprint density at radius 3 is 2.72 bits per heavy atom. The number of halogens is 1. The van der Waals surface area contributed by atoms with Gasteiger partial charge in [-0.25, -0.2) is 4.79 Å². The number of aromatic carboxylic acids is 1. The second-order valence-corrected chi connectivity index (χ2v) is 5.12. The number of aromatic hydroxyl groups is 1. The van der Waals surface area contributed by atoms with Gasteiger partial charge in [-0.2, -0.15) is 5.10 Å². The SMILES string of the molecule is COc1cc(/C=N/Nc2ccc(Cl)c(C(=O)O)c2)cc([N+](=O)[O-])c1O. The van der Waals surface area contributed by atoms with E-state index in [9.17, 15) is 20.0 Å². The van der Waals surface area contributed by atoms with Crippen LogP contribution < -0.4 is 10.2 Å². The number of methoxy groups -OCH3 is 1. The second-order valence-electron chi connectivity index (χ2n) is 4.72. The predicted octanol–water partition coefficient (Wildman–Crippen LogP) is 3.11. The van der Waals surface area contributed by atoms with Gasteiger partial charge in [0.1, 0.15) is 0 Å². The van der Waals surface area contributed by atoms with Gasteiger partial charge >= 0.3 is 11.7 Å². The number of phenolic OH excluding ortho intramolecular Hbond substituents is 1. The Bertz CT molecular complexity index is 869. The lowest BCUT2D eigenvalue weighted by Gasteiger charge is -2.06. The van der Waals surface area contributed by atoms with E-state index in [0.29, 0.717) is 11.3 Å². The molecule has 9 nitrogen and oxygen atoms in total. The van der Waals surface area contributed by atoms with E-state index in [1.807, 2.05) is 0 Å². The summed E-state index contributed by atoms with van der Waals surface area (Å²) in [6.07, 6.45) is 1.25. The van der Waals surface area contributed by atoms with Gasteiger partial charge in [0.15, 0.2) is 5.75 Å². The number of nitrogens with one attached hydrogen (secondary N) is 1. The Labute approximate surface area is 146 Å². The lowest BCUT2D eigenvalue weighted by Crippen LogP contribution is -1.99. The van der Waals surface area contributed by atoms with Gasteiger partial charge in [0.05, 0.1) is 34.5 Å². The van der Waals surface area contributed by atoms with Crippen molar-refractivity contribution < 1.29 is 24.7 Å². The summed E-state index contributed by atoms with van der Waals surface area (Å²) in [5, 5.41) is 33.6. The molecule has 0 heterocycles. The molecule has 0 saturated heterocycles. The summed E-state index contributed by atoms with van der Waals surface area (Å²) in [5.41, 5.74) is 2.62. The maximum Gasteiger partial charge on any atom is 0.337 e. The molecule has 2 aromatic rings. The summed E-state index contributed by atoms with van der Waals surface area (Å²) < 4.78 is 4.88. The van der Waals surface area contributed by atoms with Crippen molar-refractivity contribution in [1.29, 1.82) is 0 Å². The van der Waals surface area contributed by atoms with Crippen molar-refractivity contribution in [2.24, 2.45) is 5.10 Å². The molecule has 0 spiro atoms. The van der Waals surface area contributed by atoms with Crippen LogP contribution in [-0.2, 0) is 0 Å². The van der Waals surface area contributed by atoms with Crippen molar-refractivity contribution in [2.75, 3.05) is 12.5 Å². The van der Waals surface area contributed by atoms with Crippen LogP contribution in [0.3, 0.4) is 0 Å². The summed E-state index contributed by atoms with van der Waals surface area (Å²) in [6.45, 7) is 0. The van der Waals surface area contributed by atoms with E-state index >= 15 is 0 Å². The number of carboxylic acids is 1. The maximum atomic E-state index is 11.0. The highest BCUT2D eigenvalue weighted by Gasteiger charge is 2.19. The molecule has 0 amide bonds. The van der Waals surface area contributed by atoms with E-state index in [1.165, 1.54) is 37.6 Å². The number of phenols is 1. The number of carbonyl (C=O) groups is 1. The Kier molecular flexibility index (Phi) is 5.40. The first-order chi connectivity index (χ1) is 11.8. The van der Waals surface area contributed by atoms with Crippen LogP contribution >= 0.6 is 11.6 Å². The molecule has 0 radical (unpaired) electrons. The molecule has 0 saturated carbocycles. The summed E-state index contributed by atoms with van der Waals surface area (Å²) in [5.74, 6) is -1.84. The minimum Gasteiger partial charge on any atom is -0.500 e. The fourth-order valence-electron chi connectivity index (χ4n) is 1.92. The van der Waals surface area contributed by atoms with Crippen molar-refractivity contribution in [3.63, 3.8) is 0 Å². The largest absolute Gasteiger partial charge is 0.500 e. The average Bonchev–Trinajstić information content (AvgIpc) is 2.57. The Morgan fingerprint density at radius 1 is 1.40 bits per heavy atom. The maximum absolute atomic E-state index is 11.0.